The Morgan fingerprint density at radius 2 is 1.64 bits per heavy atom. The van der Waals surface area contributed by atoms with Crippen LogP contribution in [-0.4, -0.2) is 115 Å². The first-order chi connectivity index (χ1) is 20.5. The van der Waals surface area contributed by atoms with Gasteiger partial charge in [0.25, 0.3) is 0 Å². The standard InChI is InChI=1S/C25H41N5O.C6H13N.2C2H6/c1-5-11-22(4)27-24(30(14-6-2)21-23-12-9-8-10-13-23)19-26-20-25(31)29-17-15-28(7-3)16-18-29;1-7-5-3-2-4-6-7;2*1-2/h5-6,8-13,22,25-26,31H,2,7,14-21H2,1,3-4H3;2-6H2,1H3;2*1-2H3/b11-5-,27-24?;;;. The van der Waals surface area contributed by atoms with Gasteiger partial charge in [0.2, 0.25) is 0 Å². The molecule has 2 heterocycles. The first-order valence-electron chi connectivity index (χ1n) is 16.6. The highest BCUT2D eigenvalue weighted by molar-refractivity contribution is 5.84. The monoisotopic (exact) mass is 587 g/mol. The summed E-state index contributed by atoms with van der Waals surface area (Å²) in [6.07, 6.45) is 9.85. The van der Waals surface area contributed by atoms with Crippen LogP contribution in [0.25, 0.3) is 0 Å². The number of likely N-dealkylation sites (N-methyl/N-ethyl adjacent to an activating group) is 1. The SMILES string of the molecule is C=CCN(Cc1ccccc1)C(CNCC(O)N1CCN(CC)CC1)=NC(C)/C=C\C.CC.CC.CN1CCCCC1. The van der Waals surface area contributed by atoms with E-state index in [0.717, 1.165) is 51.6 Å². The molecule has 2 atom stereocenters. The molecule has 1 aromatic rings. The predicted octanol–water partition coefficient (Wildman–Crippen LogP) is 5.74. The number of likely N-dealkylation sites (tertiary alicyclic amines) is 1. The minimum atomic E-state index is -0.477. The molecule has 42 heavy (non-hydrogen) atoms. The van der Waals surface area contributed by atoms with E-state index >= 15 is 0 Å². The number of piperazine rings is 1. The fourth-order valence-electron chi connectivity index (χ4n) is 4.89. The van der Waals surface area contributed by atoms with E-state index in [1.165, 1.54) is 37.9 Å². The molecule has 0 bridgehead atoms. The number of rotatable bonds is 12. The fraction of sp³-hybridized carbons (Fsp3) is 0.686. The van der Waals surface area contributed by atoms with E-state index in [1.54, 1.807) is 0 Å². The van der Waals surface area contributed by atoms with Gasteiger partial charge in [-0.3, -0.25) is 9.89 Å². The molecular weight excluding hydrogens is 520 g/mol. The summed E-state index contributed by atoms with van der Waals surface area (Å²) in [6.45, 7) is 28.4. The van der Waals surface area contributed by atoms with E-state index in [-0.39, 0.29) is 6.04 Å². The van der Waals surface area contributed by atoms with Gasteiger partial charge in [0.05, 0.1) is 12.6 Å². The van der Waals surface area contributed by atoms with Crippen LogP contribution in [0.15, 0.2) is 60.1 Å². The molecule has 0 radical (unpaired) electrons. The van der Waals surface area contributed by atoms with E-state index < -0.39 is 6.23 Å². The maximum absolute atomic E-state index is 10.7. The second-order valence-electron chi connectivity index (χ2n) is 10.4. The number of hydrogen-bond acceptors (Lipinski definition) is 6. The molecule has 1 aromatic carbocycles. The van der Waals surface area contributed by atoms with Gasteiger partial charge < -0.3 is 25.1 Å². The molecule has 2 fully saturated rings. The van der Waals surface area contributed by atoms with Gasteiger partial charge in [-0.25, -0.2) is 0 Å². The van der Waals surface area contributed by atoms with Gasteiger partial charge in [-0.1, -0.05) is 89.6 Å². The van der Waals surface area contributed by atoms with E-state index in [1.807, 2.05) is 52.8 Å². The van der Waals surface area contributed by atoms with Gasteiger partial charge in [-0.15, -0.1) is 6.58 Å². The Morgan fingerprint density at radius 1 is 1.02 bits per heavy atom. The maximum atomic E-state index is 10.7. The third-order valence-corrected chi connectivity index (χ3v) is 7.22. The quantitative estimate of drug-likeness (QED) is 0.185. The summed E-state index contributed by atoms with van der Waals surface area (Å²) >= 11 is 0. The van der Waals surface area contributed by atoms with Crippen LogP contribution in [0.5, 0.6) is 0 Å². The van der Waals surface area contributed by atoms with Crippen molar-refractivity contribution in [1.82, 2.24) is 24.9 Å². The molecule has 0 amide bonds. The summed E-state index contributed by atoms with van der Waals surface area (Å²) < 4.78 is 0. The van der Waals surface area contributed by atoms with E-state index in [2.05, 4.69) is 82.7 Å². The number of amidine groups is 1. The molecule has 2 unspecified atom stereocenters. The summed E-state index contributed by atoms with van der Waals surface area (Å²) in [5.41, 5.74) is 1.24. The Hall–Kier alpha value is -2.03. The average Bonchev–Trinajstić information content (AvgIpc) is 3.03. The lowest BCUT2D eigenvalue weighted by Crippen LogP contribution is -2.53. The van der Waals surface area contributed by atoms with E-state index in [9.17, 15) is 5.11 Å². The van der Waals surface area contributed by atoms with Crippen LogP contribution in [0.4, 0.5) is 0 Å². The molecule has 0 aliphatic carbocycles. The molecule has 2 aliphatic rings. The van der Waals surface area contributed by atoms with E-state index in [0.29, 0.717) is 13.1 Å². The number of benzene rings is 1. The third kappa shape index (κ3) is 17.8. The van der Waals surface area contributed by atoms with Crippen LogP contribution < -0.4 is 5.32 Å². The molecule has 7 nitrogen and oxygen atoms in total. The summed E-state index contributed by atoms with van der Waals surface area (Å²) in [6, 6.07) is 10.5. The number of hydrogen-bond donors (Lipinski definition) is 2. The smallest absolute Gasteiger partial charge is 0.120 e. The van der Waals surface area contributed by atoms with Crippen LogP contribution in [0.2, 0.25) is 0 Å². The van der Waals surface area contributed by atoms with Crippen molar-refractivity contribution in [2.45, 2.75) is 86.5 Å². The number of nitrogens with one attached hydrogen (secondary N) is 1. The van der Waals surface area contributed by atoms with Crippen molar-refractivity contribution < 1.29 is 5.11 Å². The molecule has 0 aromatic heterocycles. The average molecular weight is 587 g/mol. The Bertz CT molecular complexity index is 801. The van der Waals surface area contributed by atoms with Gasteiger partial charge in [-0.2, -0.15) is 0 Å². The van der Waals surface area contributed by atoms with Gasteiger partial charge >= 0.3 is 0 Å². The zero-order valence-electron chi connectivity index (χ0n) is 28.6. The summed E-state index contributed by atoms with van der Waals surface area (Å²) in [7, 11) is 2.19. The molecule has 2 aliphatic heterocycles. The molecule has 2 saturated heterocycles. The number of nitrogens with zero attached hydrogens (tertiary/aromatic N) is 5. The second kappa shape index (κ2) is 26.6. The van der Waals surface area contributed by atoms with Crippen LogP contribution in [0.1, 0.15) is 73.3 Å². The Labute approximate surface area is 260 Å². The fourth-order valence-corrected chi connectivity index (χ4v) is 4.89. The molecule has 0 spiro atoms. The van der Waals surface area contributed by atoms with Gasteiger partial charge in [0.1, 0.15) is 12.1 Å². The lowest BCUT2D eigenvalue weighted by molar-refractivity contribution is -0.0223. The van der Waals surface area contributed by atoms with E-state index in [4.69, 9.17) is 4.99 Å². The van der Waals surface area contributed by atoms with Crippen molar-refractivity contribution in [2.75, 3.05) is 72.5 Å². The maximum Gasteiger partial charge on any atom is 0.120 e. The Balaban J connectivity index is 0.00000130. The minimum absolute atomic E-state index is 0.0944. The first kappa shape index (κ1) is 40.0. The number of allylic oxidation sites excluding steroid dienone is 1. The molecule has 7 heteroatoms. The molecule has 3 rings (SSSR count). The number of aliphatic hydroxyl groups excluding tert-OH is 1. The van der Waals surface area contributed by atoms with Crippen molar-refractivity contribution >= 4 is 5.84 Å². The summed E-state index contributed by atoms with van der Waals surface area (Å²) in [4.78, 5) is 14.2. The Morgan fingerprint density at radius 3 is 2.14 bits per heavy atom. The summed E-state index contributed by atoms with van der Waals surface area (Å²) in [5.74, 6) is 0.984. The van der Waals surface area contributed by atoms with Crippen molar-refractivity contribution in [2.24, 2.45) is 4.99 Å². The van der Waals surface area contributed by atoms with Crippen LogP contribution >= 0.6 is 0 Å². The largest absolute Gasteiger partial charge is 0.377 e. The zero-order chi connectivity index (χ0) is 31.6. The lowest BCUT2D eigenvalue weighted by atomic mass is 10.1. The van der Waals surface area contributed by atoms with Crippen molar-refractivity contribution in [3.63, 3.8) is 0 Å². The third-order valence-electron chi connectivity index (χ3n) is 7.22. The molecule has 2 N–H and O–H groups in total. The highest BCUT2D eigenvalue weighted by Gasteiger charge is 2.21. The topological polar surface area (TPSA) is 57.6 Å². The second-order valence-corrected chi connectivity index (χ2v) is 10.4. The van der Waals surface area contributed by atoms with Crippen LogP contribution in [0, 0.1) is 0 Å². The minimum Gasteiger partial charge on any atom is -0.377 e. The van der Waals surface area contributed by atoms with Crippen molar-refractivity contribution in [3.8, 4) is 0 Å². The zero-order valence-corrected chi connectivity index (χ0v) is 28.6. The highest BCUT2D eigenvalue weighted by atomic mass is 16.3. The molecule has 242 valence electrons. The van der Waals surface area contributed by atoms with Gasteiger partial charge in [-0.05, 0) is 58.9 Å². The van der Waals surface area contributed by atoms with Crippen LogP contribution in [-0.2, 0) is 6.54 Å². The summed E-state index contributed by atoms with van der Waals surface area (Å²) in [5, 5.41) is 14.1. The number of aliphatic hydroxyl groups is 1. The van der Waals surface area contributed by atoms with Crippen LogP contribution in [0.3, 0.4) is 0 Å². The molecular formula is C35H66N6O. The van der Waals surface area contributed by atoms with Crippen molar-refractivity contribution in [1.29, 1.82) is 0 Å². The number of aliphatic imine (C=N–C) groups is 1. The van der Waals surface area contributed by atoms with Crippen molar-refractivity contribution in [3.05, 3.63) is 60.7 Å². The lowest BCUT2D eigenvalue weighted by Gasteiger charge is -2.37. The Kier molecular flexibility index (Phi) is 25.3. The first-order valence-corrected chi connectivity index (χ1v) is 16.6. The predicted molar refractivity (Wildman–Crippen MR) is 185 cm³/mol. The highest BCUT2D eigenvalue weighted by Crippen LogP contribution is 2.08. The number of piperidine rings is 1. The molecule has 0 saturated carbocycles. The normalized spacial score (nSPS) is 18.0. The van der Waals surface area contributed by atoms with Gasteiger partial charge in [0, 0.05) is 45.8 Å². The van der Waals surface area contributed by atoms with Gasteiger partial charge in [0.15, 0.2) is 0 Å².